The highest BCUT2D eigenvalue weighted by Gasteiger charge is 2.18. The van der Waals surface area contributed by atoms with Crippen molar-refractivity contribution >= 4 is 5.96 Å². The second-order valence-corrected chi connectivity index (χ2v) is 7.84. The van der Waals surface area contributed by atoms with Crippen LogP contribution in [-0.2, 0) is 17.8 Å². The van der Waals surface area contributed by atoms with E-state index in [-0.39, 0.29) is 6.10 Å². The Labute approximate surface area is 189 Å². The van der Waals surface area contributed by atoms with Crippen LogP contribution in [0.1, 0.15) is 30.0 Å². The Morgan fingerprint density at radius 1 is 1.19 bits per heavy atom. The lowest BCUT2D eigenvalue weighted by molar-refractivity contribution is 0.140. The molecule has 7 nitrogen and oxygen atoms in total. The summed E-state index contributed by atoms with van der Waals surface area (Å²) in [5.41, 5.74) is 4.43. The van der Waals surface area contributed by atoms with Crippen molar-refractivity contribution in [1.29, 1.82) is 0 Å². The average molecular weight is 434 g/mol. The third kappa shape index (κ3) is 5.68. The van der Waals surface area contributed by atoms with Crippen LogP contribution in [0, 0.1) is 6.92 Å². The molecule has 1 aliphatic rings. The third-order valence-corrected chi connectivity index (χ3v) is 5.35. The second-order valence-electron chi connectivity index (χ2n) is 7.84. The van der Waals surface area contributed by atoms with Crippen LogP contribution in [0.3, 0.4) is 0 Å². The lowest BCUT2D eigenvalue weighted by atomic mass is 10.1. The number of aliphatic imine (C=N–C) groups is 1. The van der Waals surface area contributed by atoms with Gasteiger partial charge in [0.1, 0.15) is 11.9 Å². The van der Waals surface area contributed by atoms with Crippen molar-refractivity contribution < 1.29 is 9.47 Å². The van der Waals surface area contributed by atoms with E-state index in [4.69, 9.17) is 14.5 Å². The van der Waals surface area contributed by atoms with Crippen molar-refractivity contribution in [2.75, 3.05) is 19.8 Å². The Morgan fingerprint density at radius 2 is 2.09 bits per heavy atom. The van der Waals surface area contributed by atoms with Crippen molar-refractivity contribution in [3.63, 3.8) is 0 Å². The summed E-state index contributed by atoms with van der Waals surface area (Å²) >= 11 is 0. The van der Waals surface area contributed by atoms with Gasteiger partial charge in [-0.1, -0.05) is 30.3 Å². The Balaban J connectivity index is 1.46. The van der Waals surface area contributed by atoms with Gasteiger partial charge in [0.05, 0.1) is 25.4 Å². The smallest absolute Gasteiger partial charge is 0.191 e. The molecule has 1 saturated heterocycles. The number of hydrogen-bond donors (Lipinski definition) is 2. The molecule has 1 aromatic heterocycles. The molecule has 2 aromatic carbocycles. The molecule has 1 fully saturated rings. The summed E-state index contributed by atoms with van der Waals surface area (Å²) in [6, 6.07) is 16.4. The normalized spacial score (nSPS) is 16.2. The van der Waals surface area contributed by atoms with Crippen molar-refractivity contribution in [1.82, 2.24) is 20.4 Å². The number of nitrogens with zero attached hydrogens (tertiary/aromatic N) is 3. The number of benzene rings is 2. The summed E-state index contributed by atoms with van der Waals surface area (Å²) in [6.07, 6.45) is 4.78. The maximum Gasteiger partial charge on any atom is 0.191 e. The van der Waals surface area contributed by atoms with E-state index >= 15 is 0 Å². The Bertz CT molecular complexity index is 1030. The molecule has 0 amide bonds. The van der Waals surface area contributed by atoms with E-state index in [1.807, 2.05) is 29.1 Å². The van der Waals surface area contributed by atoms with Gasteiger partial charge in [-0.2, -0.15) is 5.10 Å². The van der Waals surface area contributed by atoms with Gasteiger partial charge in [-0.25, -0.2) is 9.67 Å². The number of nitrogens with one attached hydrogen (secondary N) is 2. The zero-order valence-electron chi connectivity index (χ0n) is 18.8. The minimum atomic E-state index is 0.115. The molecule has 1 unspecified atom stereocenters. The van der Waals surface area contributed by atoms with E-state index in [9.17, 15) is 0 Å². The van der Waals surface area contributed by atoms with Crippen LogP contribution < -0.4 is 15.4 Å². The molecule has 0 bridgehead atoms. The van der Waals surface area contributed by atoms with E-state index < -0.39 is 0 Å². The highest BCUT2D eigenvalue weighted by molar-refractivity contribution is 5.79. The largest absolute Gasteiger partial charge is 0.488 e. The molecule has 1 aliphatic heterocycles. The van der Waals surface area contributed by atoms with Gasteiger partial charge in [0.15, 0.2) is 5.96 Å². The van der Waals surface area contributed by atoms with Crippen LogP contribution in [0.25, 0.3) is 5.69 Å². The fraction of sp³-hybridized carbons (Fsp3) is 0.360. The van der Waals surface area contributed by atoms with Crippen LogP contribution in [0.2, 0.25) is 0 Å². The number of rotatable bonds is 8. The molecule has 2 N–H and O–H groups in total. The SMILES string of the molecule is CCNC(=NCc1ccc(C)cc1OC1CCOC1)NCc1ccccc1-n1cccn1. The summed E-state index contributed by atoms with van der Waals surface area (Å²) in [6.45, 7) is 7.50. The van der Waals surface area contributed by atoms with E-state index in [0.717, 1.165) is 48.1 Å². The van der Waals surface area contributed by atoms with Crippen molar-refractivity contribution in [3.8, 4) is 11.4 Å². The zero-order valence-corrected chi connectivity index (χ0v) is 18.8. The third-order valence-electron chi connectivity index (χ3n) is 5.35. The fourth-order valence-corrected chi connectivity index (χ4v) is 3.67. The first-order chi connectivity index (χ1) is 15.7. The lowest BCUT2D eigenvalue weighted by Crippen LogP contribution is -2.37. The summed E-state index contributed by atoms with van der Waals surface area (Å²) in [5, 5.41) is 11.2. The average Bonchev–Trinajstić information content (AvgIpc) is 3.51. The number of ether oxygens (including phenoxy) is 2. The summed E-state index contributed by atoms with van der Waals surface area (Å²) in [5.74, 6) is 1.66. The van der Waals surface area contributed by atoms with Crippen LogP contribution in [0.5, 0.6) is 5.75 Å². The van der Waals surface area contributed by atoms with Crippen LogP contribution >= 0.6 is 0 Å². The first kappa shape index (κ1) is 21.9. The van der Waals surface area contributed by atoms with E-state index in [2.05, 4.69) is 59.9 Å². The van der Waals surface area contributed by atoms with E-state index in [1.54, 1.807) is 6.20 Å². The molecule has 168 valence electrons. The van der Waals surface area contributed by atoms with Gasteiger partial charge in [-0.15, -0.1) is 0 Å². The van der Waals surface area contributed by atoms with Gasteiger partial charge >= 0.3 is 0 Å². The molecule has 0 saturated carbocycles. The molecule has 0 radical (unpaired) electrons. The molecule has 7 heteroatoms. The van der Waals surface area contributed by atoms with Gasteiger partial charge in [0, 0.05) is 37.5 Å². The number of guanidine groups is 1. The maximum absolute atomic E-state index is 6.22. The van der Waals surface area contributed by atoms with Crippen LogP contribution in [0.4, 0.5) is 0 Å². The first-order valence-corrected chi connectivity index (χ1v) is 11.2. The molecule has 32 heavy (non-hydrogen) atoms. The molecule has 1 atom stereocenters. The van der Waals surface area contributed by atoms with Gasteiger partial charge in [0.2, 0.25) is 0 Å². The quantitative estimate of drug-likeness (QED) is 0.419. The molecular formula is C25H31N5O2. The number of hydrogen-bond acceptors (Lipinski definition) is 4. The van der Waals surface area contributed by atoms with Crippen LogP contribution in [0.15, 0.2) is 65.9 Å². The van der Waals surface area contributed by atoms with Gasteiger partial charge in [0.25, 0.3) is 0 Å². The Hall–Kier alpha value is -3.32. The highest BCUT2D eigenvalue weighted by atomic mass is 16.5. The summed E-state index contributed by atoms with van der Waals surface area (Å²) < 4.78 is 13.6. The minimum Gasteiger partial charge on any atom is -0.488 e. The Kier molecular flexibility index (Phi) is 7.40. The molecule has 0 spiro atoms. The van der Waals surface area contributed by atoms with Gasteiger partial charge in [-0.3, -0.25) is 0 Å². The standard InChI is InChI=1S/C25H31N5O2/c1-3-26-25(27-16-20-7-4-5-8-23(20)30-13-6-12-29-30)28-17-21-10-9-19(2)15-24(21)32-22-11-14-31-18-22/h4-10,12-13,15,22H,3,11,14,16-18H2,1-2H3,(H2,26,27,28). The number of aromatic nitrogens is 2. The predicted molar refractivity (Wildman–Crippen MR) is 126 cm³/mol. The highest BCUT2D eigenvalue weighted by Crippen LogP contribution is 2.24. The topological polar surface area (TPSA) is 72.7 Å². The predicted octanol–water partition coefficient (Wildman–Crippen LogP) is 3.60. The van der Waals surface area contributed by atoms with Gasteiger partial charge in [-0.05, 0) is 43.2 Å². The monoisotopic (exact) mass is 433 g/mol. The molecular weight excluding hydrogens is 402 g/mol. The lowest BCUT2D eigenvalue weighted by Gasteiger charge is -2.17. The van der Waals surface area contributed by atoms with Crippen molar-refractivity contribution in [2.45, 2.75) is 39.5 Å². The number of para-hydroxylation sites is 1. The van der Waals surface area contributed by atoms with Gasteiger partial charge < -0.3 is 20.1 Å². The van der Waals surface area contributed by atoms with Crippen molar-refractivity contribution in [2.24, 2.45) is 4.99 Å². The van der Waals surface area contributed by atoms with Crippen molar-refractivity contribution in [3.05, 3.63) is 77.6 Å². The molecule has 4 rings (SSSR count). The zero-order chi connectivity index (χ0) is 22.2. The van der Waals surface area contributed by atoms with E-state index in [0.29, 0.717) is 19.7 Å². The minimum absolute atomic E-state index is 0.115. The molecule has 3 aromatic rings. The molecule has 2 heterocycles. The number of aryl methyl sites for hydroxylation is 1. The summed E-state index contributed by atoms with van der Waals surface area (Å²) in [7, 11) is 0. The first-order valence-electron chi connectivity index (χ1n) is 11.2. The van der Waals surface area contributed by atoms with E-state index in [1.165, 1.54) is 5.56 Å². The Morgan fingerprint density at radius 3 is 2.88 bits per heavy atom. The fourth-order valence-electron chi connectivity index (χ4n) is 3.67. The summed E-state index contributed by atoms with van der Waals surface area (Å²) in [4.78, 5) is 4.82. The molecule has 0 aliphatic carbocycles. The second kappa shape index (κ2) is 10.8. The maximum atomic E-state index is 6.22. The van der Waals surface area contributed by atoms with Crippen LogP contribution in [-0.4, -0.2) is 41.6 Å².